The molecule has 1 amide bonds. The smallest absolute Gasteiger partial charge is 0.253 e. The minimum atomic E-state index is -0.0513. The largest absolute Gasteiger partial charge is 0.326 e. The topological polar surface area (TPSA) is 72.2 Å². The molecule has 0 spiro atoms. The van der Waals surface area contributed by atoms with Crippen molar-refractivity contribution in [1.82, 2.24) is 19.6 Å². The molecule has 2 aromatic heterocycles. The highest BCUT2D eigenvalue weighted by Crippen LogP contribution is 2.19. The molecular weight excluding hydrogens is 358 g/mol. The Labute approximate surface area is 155 Å². The number of aromatic nitrogens is 4. The van der Waals surface area contributed by atoms with Gasteiger partial charge in [-0.15, -0.1) is 5.10 Å². The quantitative estimate of drug-likeness (QED) is 0.688. The van der Waals surface area contributed by atoms with Crippen molar-refractivity contribution in [2.45, 2.75) is 31.8 Å². The zero-order valence-corrected chi connectivity index (χ0v) is 15.8. The third-order valence-electron chi connectivity index (χ3n) is 3.94. The number of anilines is 1. The van der Waals surface area contributed by atoms with Crippen LogP contribution in [0.15, 0.2) is 29.4 Å². The molecule has 3 aromatic rings. The van der Waals surface area contributed by atoms with Crippen molar-refractivity contribution >= 4 is 40.7 Å². The number of halogens is 1. The molecule has 130 valence electrons. The van der Waals surface area contributed by atoms with E-state index in [1.807, 2.05) is 20.1 Å². The molecule has 2 heterocycles. The molecule has 1 aromatic carbocycles. The number of thioether (sulfide) groups is 1. The maximum atomic E-state index is 12.2. The van der Waals surface area contributed by atoms with Gasteiger partial charge in [-0.2, -0.15) is 4.98 Å². The predicted octanol–water partition coefficient (Wildman–Crippen LogP) is 3.69. The van der Waals surface area contributed by atoms with Gasteiger partial charge < -0.3 is 5.32 Å². The molecular formula is C17H18ClN5OS. The van der Waals surface area contributed by atoms with Crippen molar-refractivity contribution in [3.05, 3.63) is 46.2 Å². The van der Waals surface area contributed by atoms with Crippen LogP contribution in [-0.2, 0) is 11.2 Å². The van der Waals surface area contributed by atoms with Gasteiger partial charge in [0, 0.05) is 28.5 Å². The second kappa shape index (κ2) is 7.41. The number of hydrogen-bond acceptors (Lipinski definition) is 5. The third kappa shape index (κ3) is 3.93. The summed E-state index contributed by atoms with van der Waals surface area (Å²) in [6, 6.07) is 7.06. The lowest BCUT2D eigenvalue weighted by Gasteiger charge is -2.10. The summed E-state index contributed by atoms with van der Waals surface area (Å²) in [5.41, 5.74) is 3.60. The van der Waals surface area contributed by atoms with Crippen LogP contribution in [0.25, 0.3) is 5.78 Å². The van der Waals surface area contributed by atoms with Crippen molar-refractivity contribution in [3.8, 4) is 0 Å². The first-order valence-electron chi connectivity index (χ1n) is 7.80. The number of aryl methyl sites for hydroxylation is 2. The van der Waals surface area contributed by atoms with Gasteiger partial charge in [0.2, 0.25) is 11.1 Å². The van der Waals surface area contributed by atoms with Crippen LogP contribution in [0.5, 0.6) is 0 Å². The third-order valence-corrected chi connectivity index (χ3v) is 4.73. The molecule has 0 radical (unpaired) electrons. The number of benzene rings is 1. The van der Waals surface area contributed by atoms with Gasteiger partial charge in [-0.25, -0.2) is 9.50 Å². The first-order valence-corrected chi connectivity index (χ1v) is 9.40. The average Bonchev–Trinajstić information content (AvgIpc) is 3.00. The zero-order valence-electron chi connectivity index (χ0n) is 14.2. The highest BCUT2D eigenvalue weighted by Gasteiger charge is 2.14. The van der Waals surface area contributed by atoms with Crippen LogP contribution in [0.1, 0.15) is 23.4 Å². The zero-order chi connectivity index (χ0) is 18.0. The van der Waals surface area contributed by atoms with Crippen LogP contribution in [0.2, 0.25) is 5.02 Å². The van der Waals surface area contributed by atoms with Crippen molar-refractivity contribution in [1.29, 1.82) is 0 Å². The van der Waals surface area contributed by atoms with E-state index >= 15 is 0 Å². The Balaban J connectivity index is 1.74. The van der Waals surface area contributed by atoms with Crippen LogP contribution in [0, 0.1) is 13.8 Å². The SMILES string of the molecule is CSc1nc2nc(C)c(CCC(=O)Nc3ccc(Cl)cc3)c(C)n2n1. The number of amides is 1. The Morgan fingerprint density at radius 2 is 1.96 bits per heavy atom. The molecule has 0 saturated carbocycles. The molecule has 0 unspecified atom stereocenters. The minimum absolute atomic E-state index is 0.0513. The van der Waals surface area contributed by atoms with E-state index in [9.17, 15) is 4.79 Å². The Hall–Kier alpha value is -2.12. The summed E-state index contributed by atoms with van der Waals surface area (Å²) in [6.07, 6.45) is 2.88. The normalized spacial score (nSPS) is 11.0. The fraction of sp³-hybridized carbons (Fsp3) is 0.294. The van der Waals surface area contributed by atoms with Crippen LogP contribution >= 0.6 is 23.4 Å². The summed E-state index contributed by atoms with van der Waals surface area (Å²) in [4.78, 5) is 21.1. The van der Waals surface area contributed by atoms with Gasteiger partial charge in [-0.1, -0.05) is 23.4 Å². The van der Waals surface area contributed by atoms with Crippen molar-refractivity contribution in [2.75, 3.05) is 11.6 Å². The molecule has 6 nitrogen and oxygen atoms in total. The summed E-state index contributed by atoms with van der Waals surface area (Å²) in [6.45, 7) is 3.92. The van der Waals surface area contributed by atoms with Crippen LogP contribution in [-0.4, -0.2) is 31.7 Å². The van der Waals surface area contributed by atoms with Crippen molar-refractivity contribution < 1.29 is 4.79 Å². The number of nitrogens with zero attached hydrogens (tertiary/aromatic N) is 4. The maximum Gasteiger partial charge on any atom is 0.253 e. The van der Waals surface area contributed by atoms with E-state index in [0.29, 0.717) is 28.8 Å². The van der Waals surface area contributed by atoms with Gasteiger partial charge in [0.1, 0.15) is 0 Å². The van der Waals surface area contributed by atoms with Gasteiger partial charge >= 0.3 is 0 Å². The van der Waals surface area contributed by atoms with Crippen LogP contribution < -0.4 is 5.32 Å². The Bertz CT molecular complexity index is 923. The second-order valence-electron chi connectivity index (χ2n) is 5.63. The standard InChI is InChI=1S/C17H18ClN5OS/c1-10-14(11(2)23-16(19-10)21-17(22-23)25-3)8-9-15(24)20-13-6-4-12(18)5-7-13/h4-7H,8-9H2,1-3H3,(H,20,24). The summed E-state index contributed by atoms with van der Waals surface area (Å²) in [5.74, 6) is 0.540. The molecule has 0 aliphatic carbocycles. The van der Waals surface area contributed by atoms with Gasteiger partial charge in [0.15, 0.2) is 0 Å². The maximum absolute atomic E-state index is 12.2. The lowest BCUT2D eigenvalue weighted by molar-refractivity contribution is -0.116. The van der Waals surface area contributed by atoms with E-state index in [1.165, 1.54) is 11.8 Å². The summed E-state index contributed by atoms with van der Waals surface area (Å²) in [7, 11) is 0. The highest BCUT2D eigenvalue weighted by atomic mass is 35.5. The second-order valence-corrected chi connectivity index (χ2v) is 6.84. The molecule has 1 N–H and O–H groups in total. The Morgan fingerprint density at radius 1 is 1.24 bits per heavy atom. The van der Waals surface area contributed by atoms with Gasteiger partial charge in [-0.3, -0.25) is 4.79 Å². The number of carbonyl (C=O) groups is 1. The molecule has 0 bridgehead atoms. The van der Waals surface area contributed by atoms with Gasteiger partial charge in [0.05, 0.1) is 0 Å². The van der Waals surface area contributed by atoms with Crippen molar-refractivity contribution in [3.63, 3.8) is 0 Å². The molecule has 25 heavy (non-hydrogen) atoms. The highest BCUT2D eigenvalue weighted by molar-refractivity contribution is 7.98. The average molecular weight is 376 g/mol. The lowest BCUT2D eigenvalue weighted by Crippen LogP contribution is -2.14. The first kappa shape index (κ1) is 17.7. The Kier molecular flexibility index (Phi) is 5.24. The van der Waals surface area contributed by atoms with E-state index in [1.54, 1.807) is 28.8 Å². The summed E-state index contributed by atoms with van der Waals surface area (Å²) in [5, 5.41) is 8.63. The molecule has 8 heteroatoms. The number of hydrogen-bond donors (Lipinski definition) is 1. The van der Waals surface area contributed by atoms with Gasteiger partial charge in [-0.05, 0) is 56.4 Å². The first-order chi connectivity index (χ1) is 12.0. The van der Waals surface area contributed by atoms with E-state index in [-0.39, 0.29) is 5.91 Å². The van der Waals surface area contributed by atoms with Gasteiger partial charge in [0.25, 0.3) is 5.78 Å². The number of rotatable bonds is 5. The fourth-order valence-corrected chi connectivity index (χ4v) is 3.10. The van der Waals surface area contributed by atoms with Crippen LogP contribution in [0.3, 0.4) is 0 Å². The monoisotopic (exact) mass is 375 g/mol. The number of carbonyl (C=O) groups excluding carboxylic acids is 1. The lowest BCUT2D eigenvalue weighted by atomic mass is 10.1. The molecule has 0 saturated heterocycles. The van der Waals surface area contributed by atoms with E-state index in [2.05, 4.69) is 20.4 Å². The molecule has 0 fully saturated rings. The summed E-state index contributed by atoms with van der Waals surface area (Å²) < 4.78 is 1.74. The van der Waals surface area contributed by atoms with E-state index in [0.717, 1.165) is 22.6 Å². The fourth-order valence-electron chi connectivity index (χ4n) is 2.63. The molecule has 0 atom stereocenters. The predicted molar refractivity (Wildman–Crippen MR) is 100 cm³/mol. The van der Waals surface area contributed by atoms with E-state index in [4.69, 9.17) is 11.6 Å². The molecule has 0 aliphatic rings. The molecule has 0 aliphatic heterocycles. The Morgan fingerprint density at radius 3 is 2.64 bits per heavy atom. The number of fused-ring (bicyclic) bond motifs is 1. The number of nitrogens with one attached hydrogen (secondary N) is 1. The minimum Gasteiger partial charge on any atom is -0.326 e. The van der Waals surface area contributed by atoms with Crippen molar-refractivity contribution in [2.24, 2.45) is 0 Å². The molecule has 3 rings (SSSR count). The van der Waals surface area contributed by atoms with E-state index < -0.39 is 0 Å². The summed E-state index contributed by atoms with van der Waals surface area (Å²) >= 11 is 7.33. The van der Waals surface area contributed by atoms with Crippen LogP contribution in [0.4, 0.5) is 5.69 Å².